The number of nitrogens with one attached hydrogen (secondary N) is 2. The van der Waals surface area contributed by atoms with Gasteiger partial charge in [-0.05, 0) is 47.1 Å². The molecule has 0 aliphatic rings. The van der Waals surface area contributed by atoms with Crippen molar-refractivity contribution in [3.8, 4) is 5.75 Å². The number of aromatic nitrogens is 1. The van der Waals surface area contributed by atoms with Crippen LogP contribution in [0.1, 0.15) is 23.0 Å². The van der Waals surface area contributed by atoms with E-state index in [4.69, 9.17) is 0 Å². The second-order valence-corrected chi connectivity index (χ2v) is 6.96. The SMILES string of the molecule is CC(=NNC(=O)c1cc(Br)cc(Br)c1O)c1cc2ccccc2[nH]1. The third kappa shape index (κ3) is 3.37. The van der Waals surface area contributed by atoms with Gasteiger partial charge in [0.05, 0.1) is 21.4 Å². The molecule has 3 rings (SSSR count). The smallest absolute Gasteiger partial charge is 0.275 e. The number of halogens is 2. The molecule has 0 fully saturated rings. The van der Waals surface area contributed by atoms with Crippen molar-refractivity contribution in [2.75, 3.05) is 0 Å². The Kier molecular flexibility index (Phi) is 4.73. The van der Waals surface area contributed by atoms with Gasteiger partial charge in [0.1, 0.15) is 5.75 Å². The van der Waals surface area contributed by atoms with Crippen molar-refractivity contribution in [3.63, 3.8) is 0 Å². The van der Waals surface area contributed by atoms with Crippen molar-refractivity contribution >= 4 is 54.4 Å². The van der Waals surface area contributed by atoms with Gasteiger partial charge in [-0.25, -0.2) is 5.43 Å². The molecule has 1 heterocycles. The zero-order valence-corrected chi connectivity index (χ0v) is 15.8. The summed E-state index contributed by atoms with van der Waals surface area (Å²) in [5, 5.41) is 15.2. The molecule has 122 valence electrons. The summed E-state index contributed by atoms with van der Waals surface area (Å²) in [6, 6.07) is 13.0. The van der Waals surface area contributed by atoms with E-state index >= 15 is 0 Å². The van der Waals surface area contributed by atoms with Crippen molar-refractivity contribution in [1.82, 2.24) is 10.4 Å². The van der Waals surface area contributed by atoms with Crippen LogP contribution < -0.4 is 5.43 Å². The molecule has 0 aliphatic heterocycles. The van der Waals surface area contributed by atoms with Crippen LogP contribution in [0.4, 0.5) is 0 Å². The molecule has 0 radical (unpaired) electrons. The number of fused-ring (bicyclic) bond motifs is 1. The van der Waals surface area contributed by atoms with E-state index in [0.29, 0.717) is 14.7 Å². The lowest BCUT2D eigenvalue weighted by molar-refractivity contribution is 0.0952. The van der Waals surface area contributed by atoms with E-state index in [9.17, 15) is 9.90 Å². The molecule has 3 aromatic rings. The highest BCUT2D eigenvalue weighted by molar-refractivity contribution is 9.11. The minimum atomic E-state index is -0.495. The lowest BCUT2D eigenvalue weighted by Gasteiger charge is -2.06. The molecule has 0 saturated heterocycles. The fraction of sp³-hybridized carbons (Fsp3) is 0.0588. The van der Waals surface area contributed by atoms with Gasteiger partial charge < -0.3 is 10.1 Å². The summed E-state index contributed by atoms with van der Waals surface area (Å²) in [5.41, 5.74) is 5.04. The van der Waals surface area contributed by atoms with Crippen LogP contribution in [0.5, 0.6) is 5.75 Å². The number of carbonyl (C=O) groups is 1. The zero-order chi connectivity index (χ0) is 17.3. The Bertz CT molecular complexity index is 931. The summed E-state index contributed by atoms with van der Waals surface area (Å²) in [6.07, 6.45) is 0. The Morgan fingerprint density at radius 1 is 1.21 bits per heavy atom. The van der Waals surface area contributed by atoms with Crippen molar-refractivity contribution in [1.29, 1.82) is 0 Å². The summed E-state index contributed by atoms with van der Waals surface area (Å²) in [5.74, 6) is -0.626. The highest BCUT2D eigenvalue weighted by Gasteiger charge is 2.15. The molecular formula is C17H13Br2N3O2. The number of amides is 1. The average molecular weight is 451 g/mol. The Labute approximate surface area is 155 Å². The largest absolute Gasteiger partial charge is 0.506 e. The van der Waals surface area contributed by atoms with Gasteiger partial charge in [-0.15, -0.1) is 0 Å². The first-order valence-electron chi connectivity index (χ1n) is 7.06. The zero-order valence-electron chi connectivity index (χ0n) is 12.6. The molecule has 0 bridgehead atoms. The third-order valence-corrected chi connectivity index (χ3v) is 4.58. The number of nitrogens with zero attached hydrogens (tertiary/aromatic N) is 1. The van der Waals surface area contributed by atoms with Crippen LogP contribution in [-0.2, 0) is 0 Å². The number of aromatic hydroxyl groups is 1. The summed E-state index contributed by atoms with van der Waals surface area (Å²) in [7, 11) is 0. The maximum Gasteiger partial charge on any atom is 0.275 e. The number of phenols is 1. The molecule has 24 heavy (non-hydrogen) atoms. The topological polar surface area (TPSA) is 77.5 Å². The Morgan fingerprint density at radius 3 is 2.71 bits per heavy atom. The molecule has 1 aromatic heterocycles. The van der Waals surface area contributed by atoms with Crippen molar-refractivity contribution in [3.05, 3.63) is 62.7 Å². The van der Waals surface area contributed by atoms with E-state index in [1.807, 2.05) is 30.3 Å². The van der Waals surface area contributed by atoms with E-state index in [-0.39, 0.29) is 11.3 Å². The fourth-order valence-corrected chi connectivity index (χ4v) is 3.49. The molecule has 0 saturated carbocycles. The van der Waals surface area contributed by atoms with Gasteiger partial charge in [0, 0.05) is 15.4 Å². The number of H-pyrrole nitrogens is 1. The highest BCUT2D eigenvalue weighted by Crippen LogP contribution is 2.31. The van der Waals surface area contributed by atoms with Gasteiger partial charge >= 0.3 is 0 Å². The molecular weight excluding hydrogens is 438 g/mol. The summed E-state index contributed by atoms with van der Waals surface area (Å²) in [6.45, 7) is 1.79. The molecule has 1 amide bonds. The summed E-state index contributed by atoms with van der Waals surface area (Å²) >= 11 is 6.49. The first-order valence-corrected chi connectivity index (χ1v) is 8.65. The standard InChI is InChI=1S/C17H13Br2N3O2/c1-9(15-6-10-4-2-3-5-14(10)20-15)21-22-17(24)12-7-11(18)8-13(19)16(12)23/h2-8,20,23H,1H3,(H,22,24). The van der Waals surface area contributed by atoms with E-state index in [0.717, 1.165) is 16.6 Å². The van der Waals surface area contributed by atoms with Crippen LogP contribution in [-0.4, -0.2) is 21.7 Å². The van der Waals surface area contributed by atoms with Crippen LogP contribution in [0, 0.1) is 0 Å². The van der Waals surface area contributed by atoms with Gasteiger partial charge in [-0.1, -0.05) is 34.1 Å². The van der Waals surface area contributed by atoms with Gasteiger partial charge in [-0.2, -0.15) is 5.10 Å². The maximum atomic E-state index is 12.2. The van der Waals surface area contributed by atoms with Gasteiger partial charge in [-0.3, -0.25) is 4.79 Å². The van der Waals surface area contributed by atoms with Gasteiger partial charge in [0.25, 0.3) is 5.91 Å². The highest BCUT2D eigenvalue weighted by atomic mass is 79.9. The van der Waals surface area contributed by atoms with E-state index < -0.39 is 5.91 Å². The first-order chi connectivity index (χ1) is 11.5. The number of benzene rings is 2. The van der Waals surface area contributed by atoms with Gasteiger partial charge in [0.15, 0.2) is 0 Å². The number of hydrazone groups is 1. The molecule has 5 nitrogen and oxygen atoms in total. The maximum absolute atomic E-state index is 12.2. The molecule has 3 N–H and O–H groups in total. The van der Waals surface area contributed by atoms with Crippen molar-refractivity contribution in [2.24, 2.45) is 5.10 Å². The normalized spacial score (nSPS) is 11.7. The number of phenolic OH excluding ortho intramolecular Hbond substituents is 1. The molecule has 0 unspecified atom stereocenters. The first kappa shape index (κ1) is 16.7. The van der Waals surface area contributed by atoms with E-state index in [1.165, 1.54) is 6.07 Å². The van der Waals surface area contributed by atoms with Crippen LogP contribution in [0.3, 0.4) is 0 Å². The fourth-order valence-electron chi connectivity index (χ4n) is 2.26. The average Bonchev–Trinajstić information content (AvgIpc) is 2.99. The number of hydrogen-bond donors (Lipinski definition) is 3. The lowest BCUT2D eigenvalue weighted by atomic mass is 10.2. The minimum Gasteiger partial charge on any atom is -0.506 e. The molecule has 7 heteroatoms. The molecule has 0 aliphatic carbocycles. The van der Waals surface area contributed by atoms with Crippen molar-refractivity contribution in [2.45, 2.75) is 6.92 Å². The van der Waals surface area contributed by atoms with Gasteiger partial charge in [0.2, 0.25) is 0 Å². The minimum absolute atomic E-state index is 0.129. The predicted molar refractivity (Wildman–Crippen MR) is 101 cm³/mol. The number of hydrogen-bond acceptors (Lipinski definition) is 3. The number of carbonyl (C=O) groups excluding carboxylic acids is 1. The number of rotatable bonds is 3. The van der Waals surface area contributed by atoms with E-state index in [1.54, 1.807) is 13.0 Å². The second kappa shape index (κ2) is 6.78. The molecule has 0 atom stereocenters. The van der Waals surface area contributed by atoms with Crippen LogP contribution in [0.25, 0.3) is 10.9 Å². The number of para-hydroxylation sites is 1. The van der Waals surface area contributed by atoms with Crippen molar-refractivity contribution < 1.29 is 9.90 Å². The molecule has 0 spiro atoms. The Hall–Kier alpha value is -2.12. The van der Waals surface area contributed by atoms with Crippen LogP contribution >= 0.6 is 31.9 Å². The van der Waals surface area contributed by atoms with Crippen LogP contribution in [0.15, 0.2) is 56.5 Å². The quantitative estimate of drug-likeness (QED) is 0.404. The Morgan fingerprint density at radius 2 is 1.96 bits per heavy atom. The lowest BCUT2D eigenvalue weighted by Crippen LogP contribution is -2.19. The predicted octanol–water partition coefficient (Wildman–Crippen LogP) is 4.55. The van der Waals surface area contributed by atoms with Crippen LogP contribution in [0.2, 0.25) is 0 Å². The third-order valence-electron chi connectivity index (χ3n) is 3.52. The van der Waals surface area contributed by atoms with E-state index in [2.05, 4.69) is 47.4 Å². The number of aromatic amines is 1. The monoisotopic (exact) mass is 449 g/mol. The summed E-state index contributed by atoms with van der Waals surface area (Å²) in [4.78, 5) is 15.5. The summed E-state index contributed by atoms with van der Waals surface area (Å²) < 4.78 is 1.10. The molecule has 2 aromatic carbocycles. The second-order valence-electron chi connectivity index (χ2n) is 5.19. The Balaban J connectivity index is 1.83.